The molecule has 3 heteroatoms. The third-order valence-electron chi connectivity index (χ3n) is 2.69. The SMILES string of the molecule is CC.Cc1cncc(N2CCNC[C@H]2C)c1.[HH]. The molecular formula is C13H25N3. The second-order valence-corrected chi connectivity index (χ2v) is 3.97. The second kappa shape index (κ2) is 6.48. The maximum absolute atomic E-state index is 4.23. The molecule has 0 saturated carbocycles. The standard InChI is InChI=1S/C11H17N3.C2H6.H2/c1-9-5-11(8-13-6-9)14-4-3-12-7-10(14)2;1-2;/h5-6,8,10,12H,3-4,7H2,1-2H3;1-2H3;1H/t10-;;/m1../s1. The zero-order chi connectivity index (χ0) is 12.0. The normalized spacial score (nSPS) is 20.0. The first-order chi connectivity index (χ1) is 7.77. The van der Waals surface area contributed by atoms with E-state index in [9.17, 15) is 0 Å². The molecule has 3 nitrogen and oxygen atoms in total. The average Bonchev–Trinajstić information content (AvgIpc) is 2.32. The van der Waals surface area contributed by atoms with Crippen molar-refractivity contribution in [2.75, 3.05) is 24.5 Å². The molecule has 0 spiro atoms. The Kier molecular flexibility index (Phi) is 5.26. The molecule has 1 aromatic heterocycles. The summed E-state index contributed by atoms with van der Waals surface area (Å²) in [6, 6.07) is 2.77. The van der Waals surface area contributed by atoms with Crippen LogP contribution in [-0.2, 0) is 0 Å². The lowest BCUT2D eigenvalue weighted by molar-refractivity contribution is 0.500. The molecule has 1 aromatic rings. The molecule has 1 aliphatic rings. The van der Waals surface area contributed by atoms with E-state index in [1.165, 1.54) is 11.3 Å². The highest BCUT2D eigenvalue weighted by Crippen LogP contribution is 2.17. The van der Waals surface area contributed by atoms with Gasteiger partial charge in [0.15, 0.2) is 0 Å². The lowest BCUT2D eigenvalue weighted by Gasteiger charge is -2.35. The Hall–Kier alpha value is -1.09. The van der Waals surface area contributed by atoms with Crippen molar-refractivity contribution >= 4 is 5.69 Å². The third kappa shape index (κ3) is 3.20. The minimum Gasteiger partial charge on any atom is -0.365 e. The minimum absolute atomic E-state index is 0. The minimum atomic E-state index is 0. The number of hydrogen-bond acceptors (Lipinski definition) is 3. The first-order valence-corrected chi connectivity index (χ1v) is 6.16. The van der Waals surface area contributed by atoms with Crippen molar-refractivity contribution in [2.24, 2.45) is 0 Å². The van der Waals surface area contributed by atoms with Gasteiger partial charge >= 0.3 is 0 Å². The number of nitrogens with one attached hydrogen (secondary N) is 1. The van der Waals surface area contributed by atoms with Crippen LogP contribution >= 0.6 is 0 Å². The molecule has 0 unspecified atom stereocenters. The molecule has 1 aliphatic heterocycles. The zero-order valence-corrected chi connectivity index (χ0v) is 10.8. The number of aromatic nitrogens is 1. The summed E-state index contributed by atoms with van der Waals surface area (Å²) in [5.74, 6) is 0. The number of rotatable bonds is 1. The van der Waals surface area contributed by atoms with Crippen LogP contribution < -0.4 is 10.2 Å². The highest BCUT2D eigenvalue weighted by atomic mass is 15.2. The summed E-state index contributed by atoms with van der Waals surface area (Å²) in [6.45, 7) is 11.5. The van der Waals surface area contributed by atoms with Crippen LogP contribution in [0.25, 0.3) is 0 Å². The van der Waals surface area contributed by atoms with Gasteiger partial charge in [0.05, 0.1) is 11.9 Å². The number of hydrogen-bond donors (Lipinski definition) is 1. The molecule has 2 rings (SSSR count). The summed E-state index contributed by atoms with van der Waals surface area (Å²) >= 11 is 0. The number of anilines is 1. The van der Waals surface area contributed by atoms with Crippen LogP contribution in [0.1, 0.15) is 27.8 Å². The monoisotopic (exact) mass is 223 g/mol. The Balaban J connectivity index is 0.000000811. The summed E-state index contributed by atoms with van der Waals surface area (Å²) in [5, 5.41) is 3.39. The van der Waals surface area contributed by atoms with Crippen molar-refractivity contribution in [2.45, 2.75) is 33.7 Å². The molecule has 0 radical (unpaired) electrons. The summed E-state index contributed by atoms with van der Waals surface area (Å²) in [7, 11) is 0. The molecule has 1 atom stereocenters. The maximum Gasteiger partial charge on any atom is 0.0558 e. The van der Waals surface area contributed by atoms with Gasteiger partial charge in [0.1, 0.15) is 0 Å². The topological polar surface area (TPSA) is 28.2 Å². The Bertz CT molecular complexity index is 317. The highest BCUT2D eigenvalue weighted by molar-refractivity contribution is 5.47. The van der Waals surface area contributed by atoms with Crippen molar-refractivity contribution < 1.29 is 1.43 Å². The van der Waals surface area contributed by atoms with Gasteiger partial charge < -0.3 is 10.2 Å². The lowest BCUT2D eigenvalue weighted by atomic mass is 10.2. The van der Waals surface area contributed by atoms with Gasteiger partial charge in [-0.15, -0.1) is 0 Å². The quantitative estimate of drug-likeness (QED) is 0.792. The number of nitrogens with zero attached hydrogens (tertiary/aromatic N) is 2. The van der Waals surface area contributed by atoms with Crippen LogP contribution in [0.15, 0.2) is 18.5 Å². The van der Waals surface area contributed by atoms with E-state index >= 15 is 0 Å². The Morgan fingerprint density at radius 3 is 2.81 bits per heavy atom. The van der Waals surface area contributed by atoms with Gasteiger partial charge in [-0.3, -0.25) is 4.98 Å². The summed E-state index contributed by atoms with van der Waals surface area (Å²) in [5.41, 5.74) is 2.48. The number of pyridine rings is 1. The lowest BCUT2D eigenvalue weighted by Crippen LogP contribution is -2.49. The molecule has 1 N–H and O–H groups in total. The van der Waals surface area contributed by atoms with E-state index in [0.29, 0.717) is 6.04 Å². The Morgan fingerprint density at radius 1 is 1.44 bits per heavy atom. The van der Waals surface area contributed by atoms with Gasteiger partial charge in [-0.25, -0.2) is 0 Å². The van der Waals surface area contributed by atoms with E-state index in [0.717, 1.165) is 19.6 Å². The number of piperazine rings is 1. The first-order valence-electron chi connectivity index (χ1n) is 6.16. The van der Waals surface area contributed by atoms with Crippen LogP contribution in [0.5, 0.6) is 0 Å². The summed E-state index contributed by atoms with van der Waals surface area (Å²) in [6.07, 6.45) is 3.85. The Labute approximate surface area is 100 Å². The molecule has 0 bridgehead atoms. The largest absolute Gasteiger partial charge is 0.365 e. The van der Waals surface area contributed by atoms with Crippen molar-refractivity contribution in [1.82, 2.24) is 10.3 Å². The van der Waals surface area contributed by atoms with E-state index < -0.39 is 0 Å². The molecule has 0 aromatic carbocycles. The number of aryl methyl sites for hydroxylation is 1. The van der Waals surface area contributed by atoms with Crippen molar-refractivity contribution in [3.8, 4) is 0 Å². The van der Waals surface area contributed by atoms with Crippen molar-refractivity contribution in [1.29, 1.82) is 0 Å². The highest BCUT2D eigenvalue weighted by Gasteiger charge is 2.17. The maximum atomic E-state index is 4.23. The molecule has 0 aliphatic carbocycles. The fraction of sp³-hybridized carbons (Fsp3) is 0.615. The zero-order valence-electron chi connectivity index (χ0n) is 10.8. The second-order valence-electron chi connectivity index (χ2n) is 3.97. The third-order valence-corrected chi connectivity index (χ3v) is 2.69. The van der Waals surface area contributed by atoms with E-state index in [4.69, 9.17) is 0 Å². The van der Waals surface area contributed by atoms with Gasteiger partial charge in [-0.2, -0.15) is 0 Å². The molecule has 16 heavy (non-hydrogen) atoms. The van der Waals surface area contributed by atoms with E-state index in [2.05, 4.69) is 35.1 Å². The predicted molar refractivity (Wildman–Crippen MR) is 72.1 cm³/mol. The van der Waals surface area contributed by atoms with Crippen LogP contribution in [0.4, 0.5) is 5.69 Å². The van der Waals surface area contributed by atoms with Crippen molar-refractivity contribution in [3.05, 3.63) is 24.0 Å². The van der Waals surface area contributed by atoms with Crippen LogP contribution in [0.2, 0.25) is 0 Å². The smallest absolute Gasteiger partial charge is 0.0558 e. The molecule has 0 amide bonds. The van der Waals surface area contributed by atoms with Gasteiger partial charge in [0, 0.05) is 33.3 Å². The average molecular weight is 223 g/mol. The van der Waals surface area contributed by atoms with Crippen LogP contribution in [0.3, 0.4) is 0 Å². The predicted octanol–water partition coefficient (Wildman–Crippen LogP) is 2.46. The molecule has 92 valence electrons. The van der Waals surface area contributed by atoms with Gasteiger partial charge in [-0.1, -0.05) is 13.8 Å². The fourth-order valence-corrected chi connectivity index (χ4v) is 1.92. The molecule has 1 fully saturated rings. The van der Waals surface area contributed by atoms with Gasteiger partial charge in [0.2, 0.25) is 0 Å². The Morgan fingerprint density at radius 2 is 2.19 bits per heavy atom. The van der Waals surface area contributed by atoms with E-state index in [-0.39, 0.29) is 1.43 Å². The van der Waals surface area contributed by atoms with Gasteiger partial charge in [0.25, 0.3) is 0 Å². The molecular weight excluding hydrogens is 198 g/mol. The first kappa shape index (κ1) is 13.0. The van der Waals surface area contributed by atoms with E-state index in [1.54, 1.807) is 0 Å². The summed E-state index contributed by atoms with van der Waals surface area (Å²) in [4.78, 5) is 6.64. The van der Waals surface area contributed by atoms with Crippen LogP contribution in [-0.4, -0.2) is 30.7 Å². The summed E-state index contributed by atoms with van der Waals surface area (Å²) < 4.78 is 0. The van der Waals surface area contributed by atoms with Crippen molar-refractivity contribution in [3.63, 3.8) is 0 Å². The molecule has 1 saturated heterocycles. The van der Waals surface area contributed by atoms with Crippen LogP contribution in [0, 0.1) is 6.92 Å². The van der Waals surface area contributed by atoms with Gasteiger partial charge in [-0.05, 0) is 25.5 Å². The fourth-order valence-electron chi connectivity index (χ4n) is 1.92. The molecule has 2 heterocycles. The van der Waals surface area contributed by atoms with E-state index in [1.807, 2.05) is 26.2 Å².